The highest BCUT2D eigenvalue weighted by Crippen LogP contribution is 2.16. The molecule has 0 aliphatic heterocycles. The Hall–Kier alpha value is -2.86. The molecule has 0 fully saturated rings. The van der Waals surface area contributed by atoms with Crippen LogP contribution in [0.2, 0.25) is 5.02 Å². The summed E-state index contributed by atoms with van der Waals surface area (Å²) >= 11 is 6.04. The fraction of sp³-hybridized carbons (Fsp3) is 0.286. The van der Waals surface area contributed by atoms with Crippen molar-refractivity contribution in [3.05, 3.63) is 64.2 Å². The Morgan fingerprint density at radius 1 is 0.821 bits per heavy atom. The minimum Gasteiger partial charge on any atom is -0.326 e. The van der Waals surface area contributed by atoms with Gasteiger partial charge in [-0.15, -0.1) is 0 Å². The molecule has 0 heterocycles. The quantitative estimate of drug-likeness (QED) is 0.621. The van der Waals surface area contributed by atoms with Gasteiger partial charge in [0.1, 0.15) is 0 Å². The molecule has 0 unspecified atom stereocenters. The van der Waals surface area contributed by atoms with E-state index in [4.69, 9.17) is 11.6 Å². The summed E-state index contributed by atoms with van der Waals surface area (Å²) in [5.74, 6) is -1.02. The maximum Gasteiger partial charge on any atom is 0.238 e. The van der Waals surface area contributed by atoms with E-state index in [9.17, 15) is 14.4 Å². The van der Waals surface area contributed by atoms with Gasteiger partial charge in [0.2, 0.25) is 17.7 Å². The number of carbonyl (C=O) groups excluding carboxylic acids is 3. The van der Waals surface area contributed by atoms with E-state index in [0.29, 0.717) is 17.1 Å². The molecule has 0 bridgehead atoms. The molecule has 3 N–H and O–H groups in total. The predicted molar refractivity (Wildman–Crippen MR) is 110 cm³/mol. The zero-order chi connectivity index (χ0) is 20.5. The van der Waals surface area contributed by atoms with E-state index >= 15 is 0 Å². The molecule has 0 atom stereocenters. The molecule has 0 spiro atoms. The third kappa shape index (κ3) is 7.04. The number of amides is 3. The first-order chi connectivity index (χ1) is 13.3. The second kappa shape index (κ2) is 10.5. The zero-order valence-corrected chi connectivity index (χ0v) is 16.7. The fourth-order valence-corrected chi connectivity index (χ4v) is 2.71. The molecular weight excluding hydrogens is 378 g/mol. The Bertz CT molecular complexity index is 868. The summed E-state index contributed by atoms with van der Waals surface area (Å²) < 4.78 is 0. The van der Waals surface area contributed by atoms with Crippen molar-refractivity contribution in [1.82, 2.24) is 10.9 Å². The highest BCUT2D eigenvalue weighted by Gasteiger charge is 2.10. The molecule has 2 aromatic rings. The van der Waals surface area contributed by atoms with Crippen molar-refractivity contribution < 1.29 is 14.4 Å². The largest absolute Gasteiger partial charge is 0.326 e. The van der Waals surface area contributed by atoms with Gasteiger partial charge in [0.25, 0.3) is 0 Å². The minimum atomic E-state index is -0.429. The van der Waals surface area contributed by atoms with Gasteiger partial charge in [-0.25, -0.2) is 0 Å². The lowest BCUT2D eigenvalue weighted by Crippen LogP contribution is -2.41. The summed E-state index contributed by atoms with van der Waals surface area (Å²) in [7, 11) is 0. The summed E-state index contributed by atoms with van der Waals surface area (Å²) in [6.45, 7) is 3.96. The number of hydrogen-bond acceptors (Lipinski definition) is 3. The maximum absolute atomic E-state index is 12.0. The van der Waals surface area contributed by atoms with Crippen LogP contribution in [-0.4, -0.2) is 17.7 Å². The number of anilines is 1. The number of benzene rings is 2. The van der Waals surface area contributed by atoms with Crippen LogP contribution < -0.4 is 16.2 Å². The Labute approximate surface area is 169 Å². The molecule has 0 saturated heterocycles. The standard InChI is InChI=1S/C21H24ClN3O3/c1-14-7-9-17(13-15(14)2)23-19(26)11-12-21(28)25-24-20(27)10-8-16-5-3-4-6-18(16)22/h3-7,9,13H,8,10-12H2,1-2H3,(H,23,26)(H,24,27)(H,25,28). The third-order valence-corrected chi connectivity index (χ3v) is 4.66. The topological polar surface area (TPSA) is 87.3 Å². The Morgan fingerprint density at radius 3 is 2.14 bits per heavy atom. The van der Waals surface area contributed by atoms with Crippen molar-refractivity contribution in [3.63, 3.8) is 0 Å². The SMILES string of the molecule is Cc1ccc(NC(=O)CCC(=O)NNC(=O)CCc2ccccc2Cl)cc1C. The molecule has 148 valence electrons. The van der Waals surface area contributed by atoms with Gasteiger partial charge in [0, 0.05) is 30.0 Å². The highest BCUT2D eigenvalue weighted by atomic mass is 35.5. The fourth-order valence-electron chi connectivity index (χ4n) is 2.48. The summed E-state index contributed by atoms with van der Waals surface area (Å²) in [6, 6.07) is 12.9. The molecular formula is C21H24ClN3O3. The average molecular weight is 402 g/mol. The van der Waals surface area contributed by atoms with Gasteiger partial charge in [-0.1, -0.05) is 35.9 Å². The Balaban J connectivity index is 1.66. The summed E-state index contributed by atoms with van der Waals surface area (Å²) in [6.07, 6.45) is 0.659. The number of hydrazine groups is 1. The van der Waals surface area contributed by atoms with E-state index in [-0.39, 0.29) is 31.1 Å². The van der Waals surface area contributed by atoms with Crippen molar-refractivity contribution in [2.45, 2.75) is 39.5 Å². The van der Waals surface area contributed by atoms with Crippen molar-refractivity contribution in [2.75, 3.05) is 5.32 Å². The molecule has 2 rings (SSSR count). The normalized spacial score (nSPS) is 10.2. The third-order valence-electron chi connectivity index (χ3n) is 4.29. The maximum atomic E-state index is 12.0. The van der Waals surface area contributed by atoms with Crippen molar-refractivity contribution >= 4 is 35.0 Å². The highest BCUT2D eigenvalue weighted by molar-refractivity contribution is 6.31. The van der Waals surface area contributed by atoms with Gasteiger partial charge in [0.05, 0.1) is 0 Å². The van der Waals surface area contributed by atoms with Crippen LogP contribution in [0, 0.1) is 13.8 Å². The van der Waals surface area contributed by atoms with Gasteiger partial charge in [0.15, 0.2) is 0 Å². The van der Waals surface area contributed by atoms with Gasteiger partial charge >= 0.3 is 0 Å². The summed E-state index contributed by atoms with van der Waals surface area (Å²) in [4.78, 5) is 35.6. The second-order valence-corrected chi connectivity index (χ2v) is 6.94. The molecule has 7 heteroatoms. The number of rotatable bonds is 7. The number of aryl methyl sites for hydroxylation is 3. The van der Waals surface area contributed by atoms with E-state index in [0.717, 1.165) is 16.7 Å². The van der Waals surface area contributed by atoms with Crippen LogP contribution in [-0.2, 0) is 20.8 Å². The van der Waals surface area contributed by atoms with Crippen LogP contribution >= 0.6 is 11.6 Å². The van der Waals surface area contributed by atoms with Crippen LogP contribution in [0.1, 0.15) is 36.0 Å². The average Bonchev–Trinajstić information content (AvgIpc) is 2.67. The number of nitrogens with one attached hydrogen (secondary N) is 3. The summed E-state index contributed by atoms with van der Waals surface area (Å²) in [5.41, 5.74) is 8.45. The molecule has 3 amide bonds. The van der Waals surface area contributed by atoms with Gasteiger partial charge in [-0.3, -0.25) is 25.2 Å². The van der Waals surface area contributed by atoms with Crippen LogP contribution in [0.5, 0.6) is 0 Å². The minimum absolute atomic E-state index is 0.0221. The molecule has 6 nitrogen and oxygen atoms in total. The lowest BCUT2D eigenvalue weighted by atomic mass is 10.1. The molecule has 0 aliphatic rings. The van der Waals surface area contributed by atoms with E-state index in [1.165, 1.54) is 0 Å². The van der Waals surface area contributed by atoms with Gasteiger partial charge < -0.3 is 5.32 Å². The Kier molecular flexibility index (Phi) is 8.02. The Morgan fingerprint density at radius 2 is 1.46 bits per heavy atom. The predicted octanol–water partition coefficient (Wildman–Crippen LogP) is 3.46. The van der Waals surface area contributed by atoms with Crippen molar-refractivity contribution in [2.24, 2.45) is 0 Å². The van der Waals surface area contributed by atoms with Crippen LogP contribution in [0.4, 0.5) is 5.69 Å². The molecule has 0 saturated carbocycles. The van der Waals surface area contributed by atoms with E-state index in [2.05, 4.69) is 16.2 Å². The first kappa shape index (κ1) is 21.4. The first-order valence-corrected chi connectivity index (χ1v) is 9.41. The molecule has 0 radical (unpaired) electrons. The summed E-state index contributed by atoms with van der Waals surface area (Å²) in [5, 5.41) is 3.36. The van der Waals surface area contributed by atoms with Crippen LogP contribution in [0.25, 0.3) is 0 Å². The number of carbonyl (C=O) groups is 3. The molecule has 28 heavy (non-hydrogen) atoms. The molecule has 0 aliphatic carbocycles. The van der Waals surface area contributed by atoms with E-state index < -0.39 is 5.91 Å². The van der Waals surface area contributed by atoms with E-state index in [1.54, 1.807) is 6.07 Å². The van der Waals surface area contributed by atoms with Crippen molar-refractivity contribution in [1.29, 1.82) is 0 Å². The molecule has 0 aromatic heterocycles. The lowest BCUT2D eigenvalue weighted by molar-refractivity contribution is -0.129. The van der Waals surface area contributed by atoms with Gasteiger partial charge in [-0.2, -0.15) is 0 Å². The molecule has 2 aromatic carbocycles. The van der Waals surface area contributed by atoms with Crippen LogP contribution in [0.3, 0.4) is 0 Å². The number of hydrogen-bond donors (Lipinski definition) is 3. The lowest BCUT2D eigenvalue weighted by Gasteiger charge is -2.09. The van der Waals surface area contributed by atoms with Crippen LogP contribution in [0.15, 0.2) is 42.5 Å². The van der Waals surface area contributed by atoms with E-state index in [1.807, 2.05) is 50.2 Å². The van der Waals surface area contributed by atoms with Crippen molar-refractivity contribution in [3.8, 4) is 0 Å². The number of halogens is 1. The smallest absolute Gasteiger partial charge is 0.238 e. The zero-order valence-electron chi connectivity index (χ0n) is 16.0. The first-order valence-electron chi connectivity index (χ1n) is 9.03. The van der Waals surface area contributed by atoms with Gasteiger partial charge in [-0.05, 0) is 55.2 Å². The monoisotopic (exact) mass is 401 g/mol. The second-order valence-electron chi connectivity index (χ2n) is 6.53.